The van der Waals surface area contributed by atoms with Crippen molar-refractivity contribution >= 4 is 11.3 Å². The SMILES string of the molecule is CCCCCCCCCCCCCNS(=O)O. The number of hydrogen-bond donors (Lipinski definition) is 2. The van der Waals surface area contributed by atoms with Crippen molar-refractivity contribution in [3.63, 3.8) is 0 Å². The minimum atomic E-state index is -1.83. The molecule has 0 spiro atoms. The van der Waals surface area contributed by atoms with E-state index in [-0.39, 0.29) is 0 Å². The second-order valence-corrected chi connectivity index (χ2v) is 5.47. The van der Waals surface area contributed by atoms with Gasteiger partial charge < -0.3 is 0 Å². The molecule has 0 saturated heterocycles. The minimum absolute atomic E-state index is 0.653. The Bertz CT molecular complexity index is 177. The van der Waals surface area contributed by atoms with E-state index in [1.807, 2.05) is 0 Å². The lowest BCUT2D eigenvalue weighted by molar-refractivity contribution is 0.533. The third-order valence-electron chi connectivity index (χ3n) is 3.01. The van der Waals surface area contributed by atoms with Crippen LogP contribution in [-0.4, -0.2) is 15.3 Å². The van der Waals surface area contributed by atoms with Gasteiger partial charge in [-0.05, 0) is 6.42 Å². The summed E-state index contributed by atoms with van der Waals surface area (Å²) in [7, 11) is 0. The largest absolute Gasteiger partial charge is 0.294 e. The highest BCUT2D eigenvalue weighted by Crippen LogP contribution is 2.10. The van der Waals surface area contributed by atoms with Crippen LogP contribution in [0.2, 0.25) is 0 Å². The second kappa shape index (κ2) is 14.1. The summed E-state index contributed by atoms with van der Waals surface area (Å²) in [5.41, 5.74) is 0. The van der Waals surface area contributed by atoms with Gasteiger partial charge in [-0.2, -0.15) is 0 Å². The molecular formula is C13H29NO2S. The van der Waals surface area contributed by atoms with Crippen molar-refractivity contribution in [1.29, 1.82) is 0 Å². The van der Waals surface area contributed by atoms with Gasteiger partial charge in [-0.1, -0.05) is 71.1 Å². The summed E-state index contributed by atoms with van der Waals surface area (Å²) in [5, 5.41) is 0. The van der Waals surface area contributed by atoms with E-state index in [1.54, 1.807) is 0 Å². The van der Waals surface area contributed by atoms with Crippen LogP contribution in [0.25, 0.3) is 0 Å². The minimum Gasteiger partial charge on any atom is -0.294 e. The topological polar surface area (TPSA) is 49.3 Å². The molecule has 0 aromatic heterocycles. The Kier molecular flexibility index (Phi) is 14.2. The summed E-state index contributed by atoms with van der Waals surface area (Å²) in [6.07, 6.45) is 14.4. The van der Waals surface area contributed by atoms with E-state index in [1.165, 1.54) is 64.2 Å². The molecule has 104 valence electrons. The van der Waals surface area contributed by atoms with Crippen LogP contribution in [0.3, 0.4) is 0 Å². The molecule has 0 bridgehead atoms. The Hall–Kier alpha value is 0.0700. The summed E-state index contributed by atoms with van der Waals surface area (Å²) in [5.74, 6) is 0. The lowest BCUT2D eigenvalue weighted by Crippen LogP contribution is -2.17. The van der Waals surface area contributed by atoms with E-state index < -0.39 is 11.3 Å². The Labute approximate surface area is 109 Å². The first-order valence-corrected chi connectivity index (χ1v) is 8.22. The van der Waals surface area contributed by atoms with Crippen molar-refractivity contribution < 1.29 is 8.76 Å². The molecule has 0 radical (unpaired) electrons. The number of nitrogens with one attached hydrogen (secondary N) is 1. The molecule has 0 saturated carbocycles. The Balaban J connectivity index is 2.91. The van der Waals surface area contributed by atoms with Gasteiger partial charge in [-0.3, -0.25) is 4.55 Å². The smallest absolute Gasteiger partial charge is 0.231 e. The van der Waals surface area contributed by atoms with Gasteiger partial charge in [0.2, 0.25) is 11.3 Å². The monoisotopic (exact) mass is 263 g/mol. The zero-order chi connectivity index (χ0) is 12.8. The van der Waals surface area contributed by atoms with Gasteiger partial charge in [0.15, 0.2) is 0 Å². The molecule has 0 aromatic rings. The lowest BCUT2D eigenvalue weighted by atomic mass is 10.1. The van der Waals surface area contributed by atoms with Crippen molar-refractivity contribution in [2.24, 2.45) is 0 Å². The first-order valence-electron chi connectivity index (χ1n) is 7.11. The van der Waals surface area contributed by atoms with Crippen LogP contribution in [0.15, 0.2) is 0 Å². The van der Waals surface area contributed by atoms with Gasteiger partial charge >= 0.3 is 0 Å². The molecule has 0 fully saturated rings. The average Bonchev–Trinajstić information content (AvgIpc) is 2.30. The van der Waals surface area contributed by atoms with Crippen LogP contribution in [0.1, 0.15) is 77.6 Å². The zero-order valence-corrected chi connectivity index (χ0v) is 12.1. The molecule has 1 unspecified atom stereocenters. The highest BCUT2D eigenvalue weighted by atomic mass is 32.2. The van der Waals surface area contributed by atoms with Crippen molar-refractivity contribution in [3.8, 4) is 0 Å². The Morgan fingerprint density at radius 1 is 0.824 bits per heavy atom. The standard InChI is InChI=1S/C13H29NO2S/c1-2-3-4-5-6-7-8-9-10-11-12-13-14-17(15)16/h14H,2-13H2,1H3,(H,15,16). The molecular weight excluding hydrogens is 234 g/mol. The van der Waals surface area contributed by atoms with Crippen LogP contribution < -0.4 is 4.72 Å². The number of rotatable bonds is 13. The fraction of sp³-hybridized carbons (Fsp3) is 1.00. The molecule has 17 heavy (non-hydrogen) atoms. The molecule has 0 rings (SSSR count). The van der Waals surface area contributed by atoms with Gasteiger partial charge in [0.25, 0.3) is 0 Å². The van der Waals surface area contributed by atoms with Crippen LogP contribution in [0, 0.1) is 0 Å². The molecule has 3 nitrogen and oxygen atoms in total. The van der Waals surface area contributed by atoms with Crippen LogP contribution >= 0.6 is 0 Å². The summed E-state index contributed by atoms with van der Waals surface area (Å²) < 4.78 is 21.3. The molecule has 0 aliphatic rings. The Morgan fingerprint density at radius 2 is 1.24 bits per heavy atom. The predicted molar refractivity (Wildman–Crippen MR) is 75.2 cm³/mol. The van der Waals surface area contributed by atoms with Crippen LogP contribution in [0.4, 0.5) is 0 Å². The normalized spacial score (nSPS) is 12.8. The first-order chi connectivity index (χ1) is 8.27. The summed E-state index contributed by atoms with van der Waals surface area (Å²) >= 11 is -1.83. The van der Waals surface area contributed by atoms with Crippen LogP contribution in [0.5, 0.6) is 0 Å². The summed E-state index contributed by atoms with van der Waals surface area (Å²) in [6, 6.07) is 0. The highest BCUT2D eigenvalue weighted by Gasteiger charge is 1.94. The lowest BCUT2D eigenvalue weighted by Gasteiger charge is -2.02. The maximum atomic E-state index is 10.3. The molecule has 2 N–H and O–H groups in total. The Morgan fingerprint density at radius 3 is 1.65 bits per heavy atom. The van der Waals surface area contributed by atoms with Crippen molar-refractivity contribution in [1.82, 2.24) is 4.72 Å². The summed E-state index contributed by atoms with van der Waals surface area (Å²) in [4.78, 5) is 0. The molecule has 0 aliphatic heterocycles. The molecule has 0 amide bonds. The van der Waals surface area contributed by atoms with E-state index in [9.17, 15) is 4.21 Å². The van der Waals surface area contributed by atoms with Crippen molar-refractivity contribution in [3.05, 3.63) is 0 Å². The third-order valence-corrected chi connectivity index (χ3v) is 3.46. The van der Waals surface area contributed by atoms with Crippen molar-refractivity contribution in [2.45, 2.75) is 77.6 Å². The zero-order valence-electron chi connectivity index (χ0n) is 11.2. The fourth-order valence-corrected chi connectivity index (χ4v) is 2.27. The quantitative estimate of drug-likeness (QED) is 0.389. The second-order valence-electron chi connectivity index (χ2n) is 4.68. The van der Waals surface area contributed by atoms with Crippen LogP contribution in [-0.2, 0) is 11.3 Å². The number of unbranched alkanes of at least 4 members (excludes halogenated alkanes) is 10. The van der Waals surface area contributed by atoms with E-state index in [2.05, 4.69) is 11.6 Å². The van der Waals surface area contributed by atoms with Gasteiger partial charge in [0, 0.05) is 6.54 Å². The van der Waals surface area contributed by atoms with Gasteiger partial charge in [0.1, 0.15) is 0 Å². The average molecular weight is 263 g/mol. The molecule has 0 aliphatic carbocycles. The molecule has 1 atom stereocenters. The maximum Gasteiger partial charge on any atom is 0.231 e. The van der Waals surface area contributed by atoms with Gasteiger partial charge in [0.05, 0.1) is 0 Å². The maximum absolute atomic E-state index is 10.3. The van der Waals surface area contributed by atoms with Crippen molar-refractivity contribution in [2.75, 3.05) is 6.54 Å². The molecule has 0 heterocycles. The van der Waals surface area contributed by atoms with E-state index in [4.69, 9.17) is 4.55 Å². The van der Waals surface area contributed by atoms with E-state index >= 15 is 0 Å². The van der Waals surface area contributed by atoms with E-state index in [0.717, 1.165) is 6.42 Å². The fourth-order valence-electron chi connectivity index (χ4n) is 1.95. The first kappa shape index (κ1) is 17.1. The third kappa shape index (κ3) is 16.1. The van der Waals surface area contributed by atoms with E-state index in [0.29, 0.717) is 6.54 Å². The van der Waals surface area contributed by atoms with Gasteiger partial charge in [-0.25, -0.2) is 8.93 Å². The summed E-state index contributed by atoms with van der Waals surface area (Å²) in [6.45, 7) is 2.90. The molecule has 0 aromatic carbocycles. The number of hydrogen-bond acceptors (Lipinski definition) is 1. The highest BCUT2D eigenvalue weighted by molar-refractivity contribution is 7.77. The predicted octanol–water partition coefficient (Wildman–Crippen LogP) is 4.02. The van der Waals surface area contributed by atoms with Gasteiger partial charge in [-0.15, -0.1) is 0 Å². The molecule has 4 heteroatoms.